The highest BCUT2D eigenvalue weighted by Gasteiger charge is 2.24. The van der Waals surface area contributed by atoms with E-state index in [2.05, 4.69) is 15.9 Å². The van der Waals surface area contributed by atoms with Gasteiger partial charge in [-0.05, 0) is 47.7 Å². The molecule has 0 aromatic heterocycles. The summed E-state index contributed by atoms with van der Waals surface area (Å²) in [5, 5.41) is 8.87. The predicted molar refractivity (Wildman–Crippen MR) is 77.4 cm³/mol. The van der Waals surface area contributed by atoms with Crippen molar-refractivity contribution in [3.05, 3.63) is 28.2 Å². The second-order valence-corrected chi connectivity index (χ2v) is 5.42. The summed E-state index contributed by atoms with van der Waals surface area (Å²) in [4.78, 5) is 12.7. The Morgan fingerprint density at radius 2 is 2.16 bits per heavy atom. The molecule has 0 amide bonds. The topological polar surface area (TPSA) is 75.8 Å². The Kier molecular flexibility index (Phi) is 5.78. The van der Waals surface area contributed by atoms with Gasteiger partial charge in [0.25, 0.3) is 0 Å². The zero-order chi connectivity index (χ0) is 14.6. The first-order valence-corrected chi connectivity index (χ1v) is 6.63. The highest BCUT2D eigenvalue weighted by atomic mass is 79.9. The van der Waals surface area contributed by atoms with Crippen LogP contribution in [0.1, 0.15) is 18.0 Å². The van der Waals surface area contributed by atoms with Crippen LogP contribution in [0.15, 0.2) is 22.7 Å². The summed E-state index contributed by atoms with van der Waals surface area (Å²) in [7, 11) is 5.36. The molecule has 5 nitrogen and oxygen atoms in total. The number of hydrogen-bond donors (Lipinski definition) is 2. The number of methoxy groups -OCH3 is 1. The van der Waals surface area contributed by atoms with E-state index in [1.165, 1.54) is 0 Å². The standard InChI is InChI=1S/C13H19BrN2O3/c1-16(2)13(10(15)7-12(17)18)8-4-5-11(19-3)9(14)6-8/h4-6,10,13H,7,15H2,1-3H3,(H,17,18). The maximum atomic E-state index is 10.8. The van der Waals surface area contributed by atoms with Crippen molar-refractivity contribution in [3.8, 4) is 5.75 Å². The van der Waals surface area contributed by atoms with E-state index in [1.54, 1.807) is 7.11 Å². The molecule has 106 valence electrons. The number of aliphatic carboxylic acids is 1. The van der Waals surface area contributed by atoms with Gasteiger partial charge in [0, 0.05) is 12.1 Å². The fraction of sp³-hybridized carbons (Fsp3) is 0.462. The van der Waals surface area contributed by atoms with Crippen LogP contribution in [0.25, 0.3) is 0 Å². The van der Waals surface area contributed by atoms with E-state index in [4.69, 9.17) is 15.6 Å². The van der Waals surface area contributed by atoms with E-state index in [9.17, 15) is 4.79 Å². The number of rotatable bonds is 6. The minimum Gasteiger partial charge on any atom is -0.496 e. The van der Waals surface area contributed by atoms with Crippen LogP contribution >= 0.6 is 15.9 Å². The van der Waals surface area contributed by atoms with Gasteiger partial charge in [-0.3, -0.25) is 4.79 Å². The molecule has 2 atom stereocenters. The van der Waals surface area contributed by atoms with Crippen molar-refractivity contribution in [3.63, 3.8) is 0 Å². The second kappa shape index (κ2) is 6.88. The molecule has 19 heavy (non-hydrogen) atoms. The largest absolute Gasteiger partial charge is 0.496 e. The quantitative estimate of drug-likeness (QED) is 0.832. The Labute approximate surface area is 121 Å². The molecule has 0 bridgehead atoms. The van der Waals surface area contributed by atoms with Crippen LogP contribution in [-0.4, -0.2) is 43.2 Å². The fourth-order valence-corrected chi connectivity index (χ4v) is 2.67. The van der Waals surface area contributed by atoms with Crippen LogP contribution in [0.4, 0.5) is 0 Å². The Hall–Kier alpha value is -1.11. The van der Waals surface area contributed by atoms with Crippen LogP contribution in [0.3, 0.4) is 0 Å². The van der Waals surface area contributed by atoms with Crippen LogP contribution in [-0.2, 0) is 4.79 Å². The first kappa shape index (κ1) is 15.9. The minimum absolute atomic E-state index is 0.0769. The predicted octanol–water partition coefficient (Wildman–Crippen LogP) is 1.86. The molecule has 2 unspecified atom stereocenters. The number of carboxylic acids is 1. The van der Waals surface area contributed by atoms with Crippen molar-refractivity contribution < 1.29 is 14.6 Å². The summed E-state index contributed by atoms with van der Waals surface area (Å²) < 4.78 is 6.00. The first-order chi connectivity index (χ1) is 8.86. The molecular formula is C13H19BrN2O3. The van der Waals surface area contributed by atoms with E-state index in [0.717, 1.165) is 15.8 Å². The lowest BCUT2D eigenvalue weighted by Crippen LogP contribution is -2.38. The molecule has 0 spiro atoms. The number of nitrogens with two attached hydrogens (primary N) is 1. The number of benzene rings is 1. The Morgan fingerprint density at radius 3 is 2.58 bits per heavy atom. The molecule has 0 aliphatic carbocycles. The van der Waals surface area contributed by atoms with Gasteiger partial charge in [0.05, 0.1) is 18.0 Å². The molecule has 1 rings (SSSR count). The summed E-state index contributed by atoms with van der Waals surface area (Å²) in [6, 6.07) is 5.00. The summed E-state index contributed by atoms with van der Waals surface area (Å²) in [5.74, 6) is -0.167. The molecule has 0 heterocycles. The van der Waals surface area contributed by atoms with E-state index in [0.29, 0.717) is 0 Å². The Bertz CT molecular complexity index is 452. The lowest BCUT2D eigenvalue weighted by Gasteiger charge is -2.30. The van der Waals surface area contributed by atoms with Crippen LogP contribution < -0.4 is 10.5 Å². The normalized spacial score (nSPS) is 14.2. The summed E-state index contributed by atoms with van der Waals surface area (Å²) in [5.41, 5.74) is 6.95. The van der Waals surface area contributed by atoms with Gasteiger partial charge in [-0.2, -0.15) is 0 Å². The third-order valence-electron chi connectivity index (χ3n) is 2.89. The van der Waals surface area contributed by atoms with Crippen molar-refractivity contribution >= 4 is 21.9 Å². The van der Waals surface area contributed by atoms with Crippen LogP contribution in [0, 0.1) is 0 Å². The van der Waals surface area contributed by atoms with Gasteiger partial charge in [0.15, 0.2) is 0 Å². The smallest absolute Gasteiger partial charge is 0.304 e. The van der Waals surface area contributed by atoms with Gasteiger partial charge >= 0.3 is 5.97 Å². The number of likely N-dealkylation sites (N-methyl/N-ethyl adjacent to an activating group) is 1. The van der Waals surface area contributed by atoms with Gasteiger partial charge in [-0.1, -0.05) is 6.07 Å². The average Bonchev–Trinajstić information content (AvgIpc) is 2.27. The molecule has 0 saturated heterocycles. The number of hydrogen-bond acceptors (Lipinski definition) is 4. The van der Waals surface area contributed by atoms with Gasteiger partial charge in [0.1, 0.15) is 5.75 Å². The lowest BCUT2D eigenvalue weighted by atomic mass is 9.96. The van der Waals surface area contributed by atoms with Crippen molar-refractivity contribution in [1.29, 1.82) is 0 Å². The van der Waals surface area contributed by atoms with Gasteiger partial charge < -0.3 is 20.5 Å². The number of nitrogens with zero attached hydrogens (tertiary/aromatic N) is 1. The van der Waals surface area contributed by atoms with E-state index in [-0.39, 0.29) is 12.5 Å². The van der Waals surface area contributed by atoms with Gasteiger partial charge in [-0.15, -0.1) is 0 Å². The fourth-order valence-electron chi connectivity index (χ4n) is 2.11. The average molecular weight is 331 g/mol. The molecule has 0 saturated carbocycles. The summed E-state index contributed by atoms with van der Waals surface area (Å²) >= 11 is 3.42. The zero-order valence-corrected chi connectivity index (χ0v) is 12.8. The second-order valence-electron chi connectivity index (χ2n) is 4.56. The molecule has 3 N–H and O–H groups in total. The minimum atomic E-state index is -0.896. The maximum absolute atomic E-state index is 10.8. The third kappa shape index (κ3) is 4.19. The highest BCUT2D eigenvalue weighted by molar-refractivity contribution is 9.10. The molecule has 0 radical (unpaired) electrons. The molecular weight excluding hydrogens is 312 g/mol. The molecule has 6 heteroatoms. The maximum Gasteiger partial charge on any atom is 0.304 e. The van der Waals surface area contributed by atoms with Crippen molar-refractivity contribution in [2.24, 2.45) is 5.73 Å². The number of carboxylic acid groups (broad SMARTS) is 1. The van der Waals surface area contributed by atoms with Gasteiger partial charge in [0.2, 0.25) is 0 Å². The van der Waals surface area contributed by atoms with E-state index in [1.807, 2.05) is 37.2 Å². The Morgan fingerprint density at radius 1 is 1.53 bits per heavy atom. The number of halogens is 1. The molecule has 1 aromatic carbocycles. The summed E-state index contributed by atoms with van der Waals surface area (Å²) in [6.45, 7) is 0. The lowest BCUT2D eigenvalue weighted by molar-refractivity contribution is -0.137. The highest BCUT2D eigenvalue weighted by Crippen LogP contribution is 2.31. The molecule has 1 aromatic rings. The zero-order valence-electron chi connectivity index (χ0n) is 11.3. The third-order valence-corrected chi connectivity index (χ3v) is 3.51. The Balaban J connectivity index is 3.05. The SMILES string of the molecule is COc1ccc(C(C(N)CC(=O)O)N(C)C)cc1Br. The molecule has 0 aliphatic rings. The number of carbonyl (C=O) groups is 1. The van der Waals surface area contributed by atoms with Crippen molar-refractivity contribution in [2.75, 3.05) is 21.2 Å². The first-order valence-electron chi connectivity index (χ1n) is 5.84. The van der Waals surface area contributed by atoms with Crippen molar-refractivity contribution in [1.82, 2.24) is 4.90 Å². The van der Waals surface area contributed by atoms with Gasteiger partial charge in [-0.25, -0.2) is 0 Å². The van der Waals surface area contributed by atoms with E-state index >= 15 is 0 Å². The van der Waals surface area contributed by atoms with E-state index < -0.39 is 12.0 Å². The number of ether oxygens (including phenoxy) is 1. The van der Waals surface area contributed by atoms with Crippen LogP contribution in [0.2, 0.25) is 0 Å². The van der Waals surface area contributed by atoms with Crippen LogP contribution in [0.5, 0.6) is 5.75 Å². The molecule has 0 aliphatic heterocycles. The molecule has 0 fully saturated rings. The summed E-state index contributed by atoms with van der Waals surface area (Å²) in [6.07, 6.45) is -0.0769. The monoisotopic (exact) mass is 330 g/mol. The van der Waals surface area contributed by atoms with Crippen molar-refractivity contribution in [2.45, 2.75) is 18.5 Å².